The van der Waals surface area contributed by atoms with E-state index < -0.39 is 6.10 Å². The summed E-state index contributed by atoms with van der Waals surface area (Å²) in [5, 5.41) is 3.17. The summed E-state index contributed by atoms with van der Waals surface area (Å²) in [7, 11) is 0. The summed E-state index contributed by atoms with van der Waals surface area (Å²) in [6.45, 7) is 6.16. The quantitative estimate of drug-likeness (QED) is 0.723. The molecule has 0 bridgehead atoms. The average molecular weight is 366 g/mol. The Bertz CT molecular complexity index is 766. The summed E-state index contributed by atoms with van der Waals surface area (Å²) in [5.41, 5.74) is 5.17. The van der Waals surface area contributed by atoms with Gasteiger partial charge in [-0.2, -0.15) is 0 Å². The Balaban J connectivity index is 1.67. The predicted octanol–water partition coefficient (Wildman–Crippen LogP) is 5.30. The van der Waals surface area contributed by atoms with Crippen LogP contribution in [0, 0.1) is 6.92 Å². The van der Waals surface area contributed by atoms with E-state index in [0.29, 0.717) is 6.42 Å². The van der Waals surface area contributed by atoms with Crippen molar-refractivity contribution in [2.75, 3.05) is 0 Å². The Labute approximate surface area is 163 Å². The zero-order chi connectivity index (χ0) is 19.2. The SMILES string of the molecule is CC[C@H](Oc1ccc2c(c1)CCCC2)C(=O)N[C@@H](CC)c1ccc(C)cc1. The first-order valence-electron chi connectivity index (χ1n) is 10.3. The molecule has 144 valence electrons. The maximum atomic E-state index is 12.8. The molecule has 0 radical (unpaired) electrons. The van der Waals surface area contributed by atoms with Crippen molar-refractivity contribution in [3.05, 3.63) is 64.7 Å². The molecule has 0 spiro atoms. The number of rotatable bonds is 7. The number of ether oxygens (including phenoxy) is 1. The zero-order valence-corrected chi connectivity index (χ0v) is 16.8. The van der Waals surface area contributed by atoms with Crippen LogP contribution in [0.3, 0.4) is 0 Å². The Kier molecular flexibility index (Phi) is 6.54. The number of carbonyl (C=O) groups excluding carboxylic acids is 1. The number of carbonyl (C=O) groups is 1. The minimum atomic E-state index is -0.467. The van der Waals surface area contributed by atoms with Gasteiger partial charge in [-0.1, -0.05) is 49.7 Å². The Morgan fingerprint density at radius 3 is 2.37 bits per heavy atom. The number of benzene rings is 2. The molecule has 3 heteroatoms. The third-order valence-corrected chi connectivity index (χ3v) is 5.47. The maximum Gasteiger partial charge on any atom is 0.261 e. The van der Waals surface area contributed by atoms with Gasteiger partial charge in [0.2, 0.25) is 0 Å². The van der Waals surface area contributed by atoms with Gasteiger partial charge in [-0.05, 0) is 74.3 Å². The standard InChI is InChI=1S/C24H31NO2/c1-4-22(19-12-10-17(3)11-13-19)25-24(26)23(5-2)27-21-15-14-18-8-6-7-9-20(18)16-21/h10-16,22-23H,4-9H2,1-3H3,(H,25,26)/t22-,23-/m0/s1. The van der Waals surface area contributed by atoms with Gasteiger partial charge < -0.3 is 10.1 Å². The molecular weight excluding hydrogens is 334 g/mol. The van der Waals surface area contributed by atoms with Gasteiger partial charge in [0.1, 0.15) is 5.75 Å². The van der Waals surface area contributed by atoms with Crippen LogP contribution in [0.25, 0.3) is 0 Å². The molecule has 0 unspecified atom stereocenters. The lowest BCUT2D eigenvalue weighted by atomic mass is 9.92. The van der Waals surface area contributed by atoms with E-state index in [0.717, 1.165) is 30.6 Å². The van der Waals surface area contributed by atoms with Crippen molar-refractivity contribution in [1.82, 2.24) is 5.32 Å². The molecule has 2 aromatic carbocycles. The van der Waals surface area contributed by atoms with E-state index in [9.17, 15) is 4.79 Å². The molecule has 0 saturated carbocycles. The van der Waals surface area contributed by atoms with Crippen LogP contribution in [0.1, 0.15) is 67.8 Å². The topological polar surface area (TPSA) is 38.3 Å². The van der Waals surface area contributed by atoms with Crippen LogP contribution in [0.5, 0.6) is 5.75 Å². The number of hydrogen-bond acceptors (Lipinski definition) is 2. The monoisotopic (exact) mass is 365 g/mol. The van der Waals surface area contributed by atoms with E-state index in [-0.39, 0.29) is 11.9 Å². The molecule has 1 N–H and O–H groups in total. The first-order valence-corrected chi connectivity index (χ1v) is 10.3. The third kappa shape index (κ3) is 4.91. The molecule has 3 rings (SSSR count). The minimum absolute atomic E-state index is 0.0132. The second-order valence-electron chi connectivity index (χ2n) is 7.53. The first-order chi connectivity index (χ1) is 13.1. The highest BCUT2D eigenvalue weighted by Gasteiger charge is 2.22. The van der Waals surface area contributed by atoms with Crippen molar-refractivity contribution in [3.63, 3.8) is 0 Å². The molecule has 0 saturated heterocycles. The van der Waals surface area contributed by atoms with Gasteiger partial charge in [-0.25, -0.2) is 0 Å². The average Bonchev–Trinajstić information content (AvgIpc) is 2.70. The molecule has 0 heterocycles. The van der Waals surface area contributed by atoms with Crippen LogP contribution in [0.15, 0.2) is 42.5 Å². The fourth-order valence-corrected chi connectivity index (χ4v) is 3.75. The molecule has 1 amide bonds. The molecule has 3 nitrogen and oxygen atoms in total. The largest absolute Gasteiger partial charge is 0.481 e. The summed E-state index contributed by atoms with van der Waals surface area (Å²) in [4.78, 5) is 12.8. The molecule has 1 aliphatic carbocycles. The highest BCUT2D eigenvalue weighted by Crippen LogP contribution is 2.26. The van der Waals surface area contributed by atoms with E-state index in [1.807, 2.05) is 13.0 Å². The minimum Gasteiger partial charge on any atom is -0.481 e. The second-order valence-corrected chi connectivity index (χ2v) is 7.53. The smallest absolute Gasteiger partial charge is 0.261 e. The van der Waals surface area contributed by atoms with Crippen LogP contribution >= 0.6 is 0 Å². The summed E-state index contributed by atoms with van der Waals surface area (Å²) >= 11 is 0. The van der Waals surface area contributed by atoms with E-state index in [1.165, 1.54) is 29.5 Å². The van der Waals surface area contributed by atoms with E-state index in [1.54, 1.807) is 0 Å². The predicted molar refractivity (Wildman–Crippen MR) is 110 cm³/mol. The van der Waals surface area contributed by atoms with Crippen molar-refractivity contribution in [3.8, 4) is 5.75 Å². The third-order valence-electron chi connectivity index (χ3n) is 5.47. The lowest BCUT2D eigenvalue weighted by Gasteiger charge is -2.23. The lowest BCUT2D eigenvalue weighted by molar-refractivity contribution is -0.128. The Morgan fingerprint density at radius 2 is 1.70 bits per heavy atom. The fourth-order valence-electron chi connectivity index (χ4n) is 3.75. The van der Waals surface area contributed by atoms with Crippen molar-refractivity contribution in [2.24, 2.45) is 0 Å². The molecule has 1 aliphatic rings. The number of fused-ring (bicyclic) bond motifs is 1. The van der Waals surface area contributed by atoms with Gasteiger partial charge in [0.05, 0.1) is 6.04 Å². The number of aryl methyl sites for hydroxylation is 3. The number of hydrogen-bond donors (Lipinski definition) is 1. The lowest BCUT2D eigenvalue weighted by Crippen LogP contribution is -2.40. The molecule has 2 aromatic rings. The number of amides is 1. The van der Waals surface area contributed by atoms with E-state index in [4.69, 9.17) is 4.74 Å². The molecule has 0 fully saturated rings. The van der Waals surface area contributed by atoms with Crippen LogP contribution in [-0.4, -0.2) is 12.0 Å². The Morgan fingerprint density at radius 1 is 1.00 bits per heavy atom. The van der Waals surface area contributed by atoms with Gasteiger partial charge in [0.15, 0.2) is 6.10 Å². The maximum absolute atomic E-state index is 12.8. The van der Waals surface area contributed by atoms with Crippen molar-refractivity contribution in [2.45, 2.75) is 71.4 Å². The Hall–Kier alpha value is -2.29. The molecular formula is C24H31NO2. The van der Waals surface area contributed by atoms with Gasteiger partial charge >= 0.3 is 0 Å². The number of nitrogens with one attached hydrogen (secondary N) is 1. The highest BCUT2D eigenvalue weighted by molar-refractivity contribution is 5.81. The normalized spacial score (nSPS) is 15.5. The molecule has 2 atom stereocenters. The van der Waals surface area contributed by atoms with E-state index >= 15 is 0 Å². The van der Waals surface area contributed by atoms with Crippen molar-refractivity contribution < 1.29 is 9.53 Å². The van der Waals surface area contributed by atoms with Crippen LogP contribution < -0.4 is 10.1 Å². The van der Waals surface area contributed by atoms with Crippen LogP contribution in [-0.2, 0) is 17.6 Å². The van der Waals surface area contributed by atoms with E-state index in [2.05, 4.69) is 55.6 Å². The summed E-state index contributed by atoms with van der Waals surface area (Å²) < 4.78 is 6.08. The van der Waals surface area contributed by atoms with Gasteiger partial charge in [0, 0.05) is 0 Å². The first kappa shape index (κ1) is 19.5. The van der Waals surface area contributed by atoms with Gasteiger partial charge in [-0.15, -0.1) is 0 Å². The second kappa shape index (κ2) is 9.07. The van der Waals surface area contributed by atoms with Gasteiger partial charge in [0.25, 0.3) is 5.91 Å². The highest BCUT2D eigenvalue weighted by atomic mass is 16.5. The summed E-state index contributed by atoms with van der Waals surface area (Å²) in [6.07, 6.45) is 5.80. The molecule has 0 aromatic heterocycles. The zero-order valence-electron chi connectivity index (χ0n) is 16.8. The molecule has 0 aliphatic heterocycles. The van der Waals surface area contributed by atoms with Crippen molar-refractivity contribution in [1.29, 1.82) is 0 Å². The summed E-state index contributed by atoms with van der Waals surface area (Å²) in [6, 6.07) is 14.7. The van der Waals surface area contributed by atoms with Crippen molar-refractivity contribution >= 4 is 5.91 Å². The van der Waals surface area contributed by atoms with Crippen LogP contribution in [0.2, 0.25) is 0 Å². The molecule has 27 heavy (non-hydrogen) atoms. The summed E-state index contributed by atoms with van der Waals surface area (Å²) in [5.74, 6) is 0.767. The van der Waals surface area contributed by atoms with Gasteiger partial charge in [-0.3, -0.25) is 4.79 Å². The van der Waals surface area contributed by atoms with Crippen LogP contribution in [0.4, 0.5) is 0 Å². The fraction of sp³-hybridized carbons (Fsp3) is 0.458.